The molecule has 1 heterocycles. The summed E-state index contributed by atoms with van der Waals surface area (Å²) in [7, 11) is 0. The Morgan fingerprint density at radius 1 is 1.62 bits per heavy atom. The summed E-state index contributed by atoms with van der Waals surface area (Å²) < 4.78 is 4.72. The van der Waals surface area contributed by atoms with E-state index in [2.05, 4.69) is 5.32 Å². The minimum absolute atomic E-state index is 0.0301. The van der Waals surface area contributed by atoms with Crippen molar-refractivity contribution in [3.05, 3.63) is 0 Å². The van der Waals surface area contributed by atoms with E-state index in [0.29, 0.717) is 0 Å². The first kappa shape index (κ1) is 5.41. The van der Waals surface area contributed by atoms with Gasteiger partial charge in [-0.3, -0.25) is 0 Å². The second-order valence-electron chi connectivity index (χ2n) is 2.04. The highest BCUT2D eigenvalue weighted by molar-refractivity contribution is 5.69. The lowest BCUT2D eigenvalue weighted by Crippen LogP contribution is -2.25. The summed E-state index contributed by atoms with van der Waals surface area (Å²) in [5, 5.41) is 2.61. The molecule has 1 rings (SSSR count). The Hall–Kier alpha value is -0.730. The monoisotopic (exact) mass is 115 g/mol. The zero-order valence-electron chi connectivity index (χ0n) is 4.97. The van der Waals surface area contributed by atoms with Crippen molar-refractivity contribution in [2.75, 3.05) is 0 Å². The summed E-state index contributed by atoms with van der Waals surface area (Å²) in [6, 6.07) is 0.169. The first-order chi connectivity index (χ1) is 3.70. The molecule has 8 heavy (non-hydrogen) atoms. The van der Waals surface area contributed by atoms with Gasteiger partial charge in [0, 0.05) is 0 Å². The normalized spacial score (nSPS) is 36.5. The molecule has 1 aliphatic rings. The van der Waals surface area contributed by atoms with Gasteiger partial charge in [0.05, 0.1) is 6.04 Å². The van der Waals surface area contributed by atoms with Crippen LogP contribution >= 0.6 is 0 Å². The van der Waals surface area contributed by atoms with Crippen LogP contribution in [0.3, 0.4) is 0 Å². The maximum absolute atomic E-state index is 10.3. The van der Waals surface area contributed by atoms with E-state index in [9.17, 15) is 4.79 Å². The van der Waals surface area contributed by atoms with E-state index < -0.39 is 0 Å². The summed E-state index contributed by atoms with van der Waals surface area (Å²) in [4.78, 5) is 10.3. The number of rotatable bonds is 0. The smallest absolute Gasteiger partial charge is 0.407 e. The number of nitrogens with one attached hydrogen (secondary N) is 1. The number of cyclic esters (lactones) is 1. The fraction of sp³-hybridized carbons (Fsp3) is 0.800. The molecule has 2 atom stereocenters. The van der Waals surface area contributed by atoms with Crippen LogP contribution in [0.5, 0.6) is 0 Å². The molecule has 0 spiro atoms. The van der Waals surface area contributed by atoms with E-state index >= 15 is 0 Å². The molecule has 3 heteroatoms. The maximum atomic E-state index is 10.3. The molecular formula is C5H9NO2. The van der Waals surface area contributed by atoms with Gasteiger partial charge in [0.2, 0.25) is 0 Å². The highest BCUT2D eigenvalue weighted by Crippen LogP contribution is 2.05. The van der Waals surface area contributed by atoms with Gasteiger partial charge in [0.25, 0.3) is 0 Å². The summed E-state index contributed by atoms with van der Waals surface area (Å²) in [6.07, 6.45) is -0.271. The van der Waals surface area contributed by atoms with Gasteiger partial charge in [0.1, 0.15) is 6.10 Å². The van der Waals surface area contributed by atoms with Crippen LogP contribution in [0.2, 0.25) is 0 Å². The highest BCUT2D eigenvalue weighted by atomic mass is 16.6. The Morgan fingerprint density at radius 2 is 2.25 bits per heavy atom. The fourth-order valence-corrected chi connectivity index (χ4v) is 0.608. The number of hydrogen-bond donors (Lipinski definition) is 1. The van der Waals surface area contributed by atoms with Crippen molar-refractivity contribution in [2.24, 2.45) is 0 Å². The van der Waals surface area contributed by atoms with Crippen molar-refractivity contribution in [3.63, 3.8) is 0 Å². The van der Waals surface area contributed by atoms with E-state index in [4.69, 9.17) is 4.74 Å². The Labute approximate surface area is 48.0 Å². The molecule has 0 saturated carbocycles. The Kier molecular flexibility index (Phi) is 1.12. The van der Waals surface area contributed by atoms with Crippen LogP contribution < -0.4 is 5.32 Å². The van der Waals surface area contributed by atoms with Gasteiger partial charge in [-0.2, -0.15) is 0 Å². The van der Waals surface area contributed by atoms with Gasteiger partial charge in [-0.15, -0.1) is 0 Å². The zero-order chi connectivity index (χ0) is 6.15. The molecule has 1 aliphatic heterocycles. The van der Waals surface area contributed by atoms with E-state index in [0.717, 1.165) is 0 Å². The van der Waals surface area contributed by atoms with Crippen molar-refractivity contribution in [1.29, 1.82) is 0 Å². The summed E-state index contributed by atoms with van der Waals surface area (Å²) in [6.45, 7) is 3.78. The molecule has 0 aromatic carbocycles. The minimum atomic E-state index is -0.301. The van der Waals surface area contributed by atoms with E-state index in [1.54, 1.807) is 0 Å². The van der Waals surface area contributed by atoms with Gasteiger partial charge in [0.15, 0.2) is 0 Å². The third kappa shape index (κ3) is 0.757. The number of carbonyl (C=O) groups is 1. The largest absolute Gasteiger partial charge is 0.444 e. The topological polar surface area (TPSA) is 38.3 Å². The van der Waals surface area contributed by atoms with E-state index in [1.165, 1.54) is 0 Å². The number of carbonyl (C=O) groups excluding carboxylic acids is 1. The number of amides is 1. The molecular weight excluding hydrogens is 106 g/mol. The Morgan fingerprint density at radius 3 is 2.38 bits per heavy atom. The lowest BCUT2D eigenvalue weighted by Gasteiger charge is -2.02. The average Bonchev–Trinajstić information content (AvgIpc) is 1.85. The van der Waals surface area contributed by atoms with E-state index in [1.807, 2.05) is 13.8 Å². The molecule has 3 nitrogen and oxygen atoms in total. The van der Waals surface area contributed by atoms with Crippen LogP contribution in [0.4, 0.5) is 4.79 Å². The maximum Gasteiger partial charge on any atom is 0.407 e. The number of alkyl carbamates (subject to hydrolysis) is 1. The average molecular weight is 115 g/mol. The number of ether oxygens (including phenoxy) is 1. The van der Waals surface area contributed by atoms with Crippen molar-refractivity contribution in [3.8, 4) is 0 Å². The van der Waals surface area contributed by atoms with Crippen LogP contribution in [-0.4, -0.2) is 18.2 Å². The summed E-state index contributed by atoms with van der Waals surface area (Å²) in [5.74, 6) is 0. The molecule has 1 saturated heterocycles. The molecule has 0 aromatic rings. The van der Waals surface area contributed by atoms with Crippen LogP contribution in [0.25, 0.3) is 0 Å². The molecule has 0 aromatic heterocycles. The SMILES string of the molecule is C[C@@H]1NC(=O)O[C@H]1C. The lowest BCUT2D eigenvalue weighted by molar-refractivity contribution is 0.142. The lowest BCUT2D eigenvalue weighted by atomic mass is 10.2. The predicted molar refractivity (Wildman–Crippen MR) is 28.5 cm³/mol. The van der Waals surface area contributed by atoms with Crippen LogP contribution in [0.15, 0.2) is 0 Å². The third-order valence-corrected chi connectivity index (χ3v) is 1.34. The second-order valence-corrected chi connectivity index (χ2v) is 2.04. The number of hydrogen-bond acceptors (Lipinski definition) is 2. The van der Waals surface area contributed by atoms with Crippen molar-refractivity contribution < 1.29 is 9.53 Å². The van der Waals surface area contributed by atoms with E-state index in [-0.39, 0.29) is 18.2 Å². The van der Waals surface area contributed by atoms with Gasteiger partial charge in [-0.05, 0) is 13.8 Å². The zero-order valence-corrected chi connectivity index (χ0v) is 4.97. The Balaban J connectivity index is 2.51. The molecule has 0 unspecified atom stereocenters. The fourth-order valence-electron chi connectivity index (χ4n) is 0.608. The molecule has 1 amide bonds. The summed E-state index contributed by atoms with van der Waals surface area (Å²) >= 11 is 0. The molecule has 0 aliphatic carbocycles. The van der Waals surface area contributed by atoms with Crippen LogP contribution in [-0.2, 0) is 4.74 Å². The minimum Gasteiger partial charge on any atom is -0.444 e. The first-order valence-corrected chi connectivity index (χ1v) is 2.67. The quantitative estimate of drug-likeness (QED) is 0.499. The van der Waals surface area contributed by atoms with Crippen molar-refractivity contribution in [1.82, 2.24) is 5.32 Å². The summed E-state index contributed by atoms with van der Waals surface area (Å²) in [5.41, 5.74) is 0. The first-order valence-electron chi connectivity index (χ1n) is 2.67. The highest BCUT2D eigenvalue weighted by Gasteiger charge is 2.25. The van der Waals surface area contributed by atoms with Gasteiger partial charge >= 0.3 is 6.09 Å². The van der Waals surface area contributed by atoms with Crippen LogP contribution in [0, 0.1) is 0 Å². The third-order valence-electron chi connectivity index (χ3n) is 1.34. The molecule has 46 valence electrons. The van der Waals surface area contributed by atoms with Gasteiger partial charge in [-0.1, -0.05) is 0 Å². The standard InChI is InChI=1S/C5H9NO2/c1-3-4(2)8-5(7)6-3/h3-4H,1-2H3,(H,6,7)/t3-,4-/m0/s1. The second kappa shape index (κ2) is 1.65. The predicted octanol–water partition coefficient (Wildman–Crippen LogP) is 0.503. The van der Waals surface area contributed by atoms with Crippen molar-refractivity contribution >= 4 is 6.09 Å². The van der Waals surface area contributed by atoms with Gasteiger partial charge in [-0.25, -0.2) is 4.79 Å². The van der Waals surface area contributed by atoms with Crippen molar-refractivity contribution in [2.45, 2.75) is 26.0 Å². The molecule has 0 radical (unpaired) electrons. The molecule has 1 fully saturated rings. The van der Waals surface area contributed by atoms with Gasteiger partial charge < -0.3 is 10.1 Å². The Bertz CT molecular complexity index is 101. The van der Waals surface area contributed by atoms with Crippen LogP contribution in [0.1, 0.15) is 13.8 Å². The molecule has 1 N–H and O–H groups in total. The molecule has 0 bridgehead atoms.